The van der Waals surface area contributed by atoms with Crippen LogP contribution in [0, 0.1) is 0 Å². The number of benzene rings is 1. The van der Waals surface area contributed by atoms with Crippen molar-refractivity contribution in [3.8, 4) is 5.75 Å². The Kier molecular flexibility index (Phi) is 1.93. The van der Waals surface area contributed by atoms with Crippen LogP contribution in [0.15, 0.2) is 18.2 Å². The smallest absolute Gasteiger partial charge is 0.339 e. The highest BCUT2D eigenvalue weighted by Gasteiger charge is 2.17. The minimum atomic E-state index is -0.918. The van der Waals surface area contributed by atoms with E-state index in [2.05, 4.69) is 0 Å². The summed E-state index contributed by atoms with van der Waals surface area (Å²) in [6.07, 6.45) is 1.88. The number of rotatable bonds is 1. The van der Waals surface area contributed by atoms with Gasteiger partial charge in [0.15, 0.2) is 0 Å². The molecule has 0 unspecified atom stereocenters. The normalized spacial score (nSPS) is 14.5. The molecule has 1 aromatic rings. The zero-order valence-corrected chi connectivity index (χ0v) is 7.12. The molecular formula is C10H10O3. The molecule has 3 heteroatoms. The fourth-order valence-corrected chi connectivity index (χ4v) is 1.56. The summed E-state index contributed by atoms with van der Waals surface area (Å²) in [4.78, 5) is 10.8. The summed E-state index contributed by atoms with van der Waals surface area (Å²) >= 11 is 0. The zero-order chi connectivity index (χ0) is 9.26. The minimum Gasteiger partial charge on any atom is -0.492 e. The molecule has 3 nitrogen and oxygen atoms in total. The molecule has 13 heavy (non-hydrogen) atoms. The summed E-state index contributed by atoms with van der Waals surface area (Å²) in [7, 11) is 0. The number of aromatic carboxylic acids is 1. The quantitative estimate of drug-likeness (QED) is 0.712. The highest BCUT2D eigenvalue weighted by atomic mass is 16.5. The standard InChI is InChI=1S/C10H10O3/c11-10(12)8-5-1-3-7-4-2-6-13-9(7)8/h1,3,5H,2,4,6H2,(H,11,12). The highest BCUT2D eigenvalue weighted by Crippen LogP contribution is 2.28. The molecule has 0 saturated carbocycles. The van der Waals surface area contributed by atoms with Crippen molar-refractivity contribution < 1.29 is 14.6 Å². The summed E-state index contributed by atoms with van der Waals surface area (Å²) < 4.78 is 5.34. The molecule has 1 N–H and O–H groups in total. The molecule has 0 atom stereocenters. The zero-order valence-electron chi connectivity index (χ0n) is 7.12. The molecule has 1 aromatic carbocycles. The van der Waals surface area contributed by atoms with Crippen molar-refractivity contribution in [2.45, 2.75) is 12.8 Å². The molecule has 0 amide bonds. The first kappa shape index (κ1) is 8.10. The Morgan fingerprint density at radius 3 is 3.08 bits per heavy atom. The van der Waals surface area contributed by atoms with Crippen molar-refractivity contribution in [2.75, 3.05) is 6.61 Å². The van der Waals surface area contributed by atoms with Gasteiger partial charge >= 0.3 is 5.97 Å². The van der Waals surface area contributed by atoms with Crippen molar-refractivity contribution in [3.05, 3.63) is 29.3 Å². The van der Waals surface area contributed by atoms with E-state index in [9.17, 15) is 4.79 Å². The van der Waals surface area contributed by atoms with Crippen LogP contribution in [0.4, 0.5) is 0 Å². The number of carboxylic acids is 1. The first-order chi connectivity index (χ1) is 6.29. The molecule has 0 aliphatic carbocycles. The second-order valence-electron chi connectivity index (χ2n) is 3.05. The topological polar surface area (TPSA) is 46.5 Å². The number of hydrogen-bond acceptors (Lipinski definition) is 2. The Morgan fingerprint density at radius 1 is 1.46 bits per heavy atom. The molecule has 0 fully saturated rings. The Bertz CT molecular complexity index is 344. The Balaban J connectivity index is 2.52. The fraction of sp³-hybridized carbons (Fsp3) is 0.300. The van der Waals surface area contributed by atoms with Gasteiger partial charge in [-0.05, 0) is 24.5 Å². The van der Waals surface area contributed by atoms with E-state index in [0.717, 1.165) is 18.4 Å². The maximum atomic E-state index is 10.8. The summed E-state index contributed by atoms with van der Waals surface area (Å²) in [5.74, 6) is -0.361. The molecule has 0 spiro atoms. The van der Waals surface area contributed by atoms with Gasteiger partial charge in [-0.25, -0.2) is 4.79 Å². The number of carbonyl (C=O) groups is 1. The van der Waals surface area contributed by atoms with Crippen LogP contribution >= 0.6 is 0 Å². The largest absolute Gasteiger partial charge is 0.492 e. The van der Waals surface area contributed by atoms with Crippen LogP contribution in [-0.4, -0.2) is 17.7 Å². The van der Waals surface area contributed by atoms with Gasteiger partial charge < -0.3 is 9.84 Å². The summed E-state index contributed by atoms with van der Waals surface area (Å²) in [6, 6.07) is 5.25. The van der Waals surface area contributed by atoms with Crippen LogP contribution in [0.3, 0.4) is 0 Å². The molecular weight excluding hydrogens is 168 g/mol. The predicted molar refractivity (Wildman–Crippen MR) is 47.2 cm³/mol. The van der Waals surface area contributed by atoms with Crippen molar-refractivity contribution in [1.82, 2.24) is 0 Å². The van der Waals surface area contributed by atoms with Crippen molar-refractivity contribution in [3.63, 3.8) is 0 Å². The van der Waals surface area contributed by atoms with Crippen LogP contribution < -0.4 is 4.74 Å². The molecule has 1 aliphatic heterocycles. The lowest BCUT2D eigenvalue weighted by Crippen LogP contribution is -2.12. The van der Waals surface area contributed by atoms with Gasteiger partial charge in [-0.15, -0.1) is 0 Å². The summed E-state index contributed by atoms with van der Waals surface area (Å²) in [5.41, 5.74) is 1.28. The van der Waals surface area contributed by atoms with E-state index in [0.29, 0.717) is 12.4 Å². The van der Waals surface area contributed by atoms with Gasteiger partial charge in [0.1, 0.15) is 11.3 Å². The number of para-hydroxylation sites is 1. The van der Waals surface area contributed by atoms with Gasteiger partial charge in [-0.1, -0.05) is 12.1 Å². The second-order valence-corrected chi connectivity index (χ2v) is 3.05. The van der Waals surface area contributed by atoms with Crippen LogP contribution in [0.1, 0.15) is 22.3 Å². The average molecular weight is 178 g/mol. The fourth-order valence-electron chi connectivity index (χ4n) is 1.56. The molecule has 0 saturated heterocycles. The van der Waals surface area contributed by atoms with Gasteiger partial charge in [0, 0.05) is 0 Å². The van der Waals surface area contributed by atoms with Crippen molar-refractivity contribution in [2.24, 2.45) is 0 Å². The van der Waals surface area contributed by atoms with Gasteiger partial charge in [-0.3, -0.25) is 0 Å². The van der Waals surface area contributed by atoms with Crippen LogP contribution in [0.2, 0.25) is 0 Å². The molecule has 1 aliphatic rings. The first-order valence-corrected chi connectivity index (χ1v) is 4.27. The lowest BCUT2D eigenvalue weighted by Gasteiger charge is -2.18. The maximum absolute atomic E-state index is 10.8. The number of fused-ring (bicyclic) bond motifs is 1. The van der Waals surface area contributed by atoms with Gasteiger partial charge in [0.25, 0.3) is 0 Å². The second kappa shape index (κ2) is 3.09. The van der Waals surface area contributed by atoms with Crippen molar-refractivity contribution >= 4 is 5.97 Å². The van der Waals surface area contributed by atoms with E-state index < -0.39 is 5.97 Å². The molecule has 0 bridgehead atoms. The lowest BCUT2D eigenvalue weighted by molar-refractivity contribution is 0.0691. The maximum Gasteiger partial charge on any atom is 0.339 e. The number of ether oxygens (including phenoxy) is 1. The van der Waals surface area contributed by atoms with E-state index in [1.807, 2.05) is 6.07 Å². The van der Waals surface area contributed by atoms with Crippen LogP contribution in [0.5, 0.6) is 5.75 Å². The lowest BCUT2D eigenvalue weighted by atomic mass is 10.0. The van der Waals surface area contributed by atoms with E-state index in [1.54, 1.807) is 12.1 Å². The number of aryl methyl sites for hydroxylation is 1. The third-order valence-corrected chi connectivity index (χ3v) is 2.16. The molecule has 0 aromatic heterocycles. The van der Waals surface area contributed by atoms with Gasteiger partial charge in [0.05, 0.1) is 6.61 Å². The van der Waals surface area contributed by atoms with E-state index in [1.165, 1.54) is 0 Å². The molecule has 68 valence electrons. The average Bonchev–Trinajstić information content (AvgIpc) is 2.17. The van der Waals surface area contributed by atoms with Crippen LogP contribution in [-0.2, 0) is 6.42 Å². The highest BCUT2D eigenvalue weighted by molar-refractivity contribution is 5.91. The Morgan fingerprint density at radius 2 is 2.31 bits per heavy atom. The summed E-state index contributed by atoms with van der Waals surface area (Å²) in [5, 5.41) is 8.86. The number of carboxylic acid groups (broad SMARTS) is 1. The Hall–Kier alpha value is -1.51. The molecule has 0 radical (unpaired) electrons. The van der Waals surface area contributed by atoms with E-state index >= 15 is 0 Å². The molecule has 2 rings (SSSR count). The van der Waals surface area contributed by atoms with Crippen molar-refractivity contribution in [1.29, 1.82) is 0 Å². The monoisotopic (exact) mass is 178 g/mol. The van der Waals surface area contributed by atoms with E-state index in [4.69, 9.17) is 9.84 Å². The summed E-state index contributed by atoms with van der Waals surface area (Å²) in [6.45, 7) is 0.622. The predicted octanol–water partition coefficient (Wildman–Crippen LogP) is 1.71. The minimum absolute atomic E-state index is 0.275. The Labute approximate surface area is 76.0 Å². The molecule has 1 heterocycles. The third-order valence-electron chi connectivity index (χ3n) is 2.16. The van der Waals surface area contributed by atoms with Crippen LogP contribution in [0.25, 0.3) is 0 Å². The third kappa shape index (κ3) is 1.37. The van der Waals surface area contributed by atoms with Gasteiger partial charge in [0.2, 0.25) is 0 Å². The SMILES string of the molecule is O=C(O)c1cccc2c1OCCC2. The van der Waals surface area contributed by atoms with Gasteiger partial charge in [-0.2, -0.15) is 0 Å². The first-order valence-electron chi connectivity index (χ1n) is 4.27. The number of hydrogen-bond donors (Lipinski definition) is 1. The van der Waals surface area contributed by atoms with E-state index in [-0.39, 0.29) is 5.56 Å².